The Hall–Kier alpha value is -0.830. The Bertz CT molecular complexity index is 257. The first-order valence-corrected chi connectivity index (χ1v) is 5.34. The van der Waals surface area contributed by atoms with Gasteiger partial charge in [0.1, 0.15) is 5.76 Å². The molecular formula is C11H16O3. The van der Waals surface area contributed by atoms with Gasteiger partial charge in [-0.15, -0.1) is 0 Å². The van der Waals surface area contributed by atoms with Gasteiger partial charge in [-0.05, 0) is 25.3 Å². The number of hydrogen-bond donors (Lipinski definition) is 0. The molecule has 0 spiro atoms. The minimum absolute atomic E-state index is 0.111. The smallest absolute Gasteiger partial charge is 0.310 e. The lowest BCUT2D eigenvalue weighted by atomic mass is 10.2. The van der Waals surface area contributed by atoms with E-state index in [4.69, 9.17) is 9.47 Å². The largest absolute Gasteiger partial charge is 0.431 e. The molecule has 0 aromatic rings. The maximum Gasteiger partial charge on any atom is 0.310 e. The van der Waals surface area contributed by atoms with E-state index in [2.05, 4.69) is 0 Å². The van der Waals surface area contributed by atoms with Crippen LogP contribution in [0.1, 0.15) is 39.0 Å². The molecule has 2 bridgehead atoms. The Labute approximate surface area is 84.1 Å². The van der Waals surface area contributed by atoms with Gasteiger partial charge in [-0.2, -0.15) is 0 Å². The molecule has 3 heteroatoms. The molecule has 2 atom stereocenters. The molecular weight excluding hydrogens is 180 g/mol. The zero-order valence-corrected chi connectivity index (χ0v) is 8.49. The molecule has 2 heterocycles. The third kappa shape index (κ3) is 2.15. The topological polar surface area (TPSA) is 35.5 Å². The quantitative estimate of drug-likeness (QED) is 0.649. The highest BCUT2D eigenvalue weighted by Crippen LogP contribution is 2.31. The molecule has 2 unspecified atom stereocenters. The number of hydrogen-bond acceptors (Lipinski definition) is 3. The average Bonchev–Trinajstić information content (AvgIpc) is 2.46. The number of fused-ring (bicyclic) bond motifs is 2. The van der Waals surface area contributed by atoms with E-state index < -0.39 is 0 Å². The molecule has 2 aliphatic heterocycles. The van der Waals surface area contributed by atoms with Gasteiger partial charge in [0.2, 0.25) is 0 Å². The van der Waals surface area contributed by atoms with Gasteiger partial charge in [0.15, 0.2) is 0 Å². The maximum absolute atomic E-state index is 11.2. The lowest BCUT2D eigenvalue weighted by Crippen LogP contribution is -2.19. The number of carbonyl (C=O) groups is 1. The van der Waals surface area contributed by atoms with Crippen LogP contribution in [0.3, 0.4) is 0 Å². The molecule has 0 saturated carbocycles. The predicted molar refractivity (Wildman–Crippen MR) is 51.6 cm³/mol. The molecule has 0 aromatic heterocycles. The number of rotatable bonds is 3. The van der Waals surface area contributed by atoms with E-state index in [-0.39, 0.29) is 18.2 Å². The van der Waals surface area contributed by atoms with Gasteiger partial charge in [0.25, 0.3) is 0 Å². The van der Waals surface area contributed by atoms with Gasteiger partial charge in [0, 0.05) is 12.8 Å². The minimum Gasteiger partial charge on any atom is -0.431 e. The molecule has 0 N–H and O–H groups in total. The normalized spacial score (nSPS) is 29.9. The van der Waals surface area contributed by atoms with Gasteiger partial charge < -0.3 is 9.47 Å². The molecule has 0 radical (unpaired) electrons. The van der Waals surface area contributed by atoms with Crippen molar-refractivity contribution in [2.24, 2.45) is 0 Å². The van der Waals surface area contributed by atoms with E-state index in [1.807, 2.05) is 13.0 Å². The van der Waals surface area contributed by atoms with Gasteiger partial charge in [0.05, 0.1) is 12.2 Å². The second-order valence-corrected chi connectivity index (χ2v) is 3.94. The SMILES string of the molecule is CCCC(=O)OC1=CC2CCC(C1)O2. The van der Waals surface area contributed by atoms with Crippen molar-refractivity contribution >= 4 is 5.97 Å². The molecule has 2 rings (SSSR count). The van der Waals surface area contributed by atoms with Crippen LogP contribution < -0.4 is 0 Å². The first kappa shape index (κ1) is 9.71. The predicted octanol–water partition coefficient (Wildman–Crippen LogP) is 2.16. The first-order valence-electron chi connectivity index (χ1n) is 5.34. The molecule has 14 heavy (non-hydrogen) atoms. The summed E-state index contributed by atoms with van der Waals surface area (Å²) >= 11 is 0. The lowest BCUT2D eigenvalue weighted by Gasteiger charge is -2.19. The Balaban J connectivity index is 1.89. The van der Waals surface area contributed by atoms with E-state index in [0.29, 0.717) is 6.42 Å². The Morgan fingerprint density at radius 2 is 2.50 bits per heavy atom. The van der Waals surface area contributed by atoms with Crippen LogP contribution in [0.25, 0.3) is 0 Å². The number of esters is 1. The summed E-state index contributed by atoms with van der Waals surface area (Å²) in [5.74, 6) is 0.710. The van der Waals surface area contributed by atoms with E-state index in [9.17, 15) is 4.79 Å². The second-order valence-electron chi connectivity index (χ2n) is 3.94. The summed E-state index contributed by atoms with van der Waals surface area (Å²) in [5, 5.41) is 0. The van der Waals surface area contributed by atoms with Crippen LogP contribution in [0, 0.1) is 0 Å². The molecule has 0 aromatic carbocycles. The summed E-state index contributed by atoms with van der Waals surface area (Å²) in [6.45, 7) is 1.98. The van der Waals surface area contributed by atoms with Crippen molar-refractivity contribution in [2.45, 2.75) is 51.2 Å². The highest BCUT2D eigenvalue weighted by atomic mass is 16.5. The third-order valence-electron chi connectivity index (χ3n) is 2.64. The van der Waals surface area contributed by atoms with Crippen molar-refractivity contribution < 1.29 is 14.3 Å². The summed E-state index contributed by atoms with van der Waals surface area (Å²) in [7, 11) is 0. The van der Waals surface area contributed by atoms with Crippen LogP contribution in [0.2, 0.25) is 0 Å². The van der Waals surface area contributed by atoms with Gasteiger partial charge >= 0.3 is 5.97 Å². The van der Waals surface area contributed by atoms with Crippen molar-refractivity contribution in [1.29, 1.82) is 0 Å². The van der Waals surface area contributed by atoms with E-state index in [1.54, 1.807) is 0 Å². The minimum atomic E-state index is -0.111. The fourth-order valence-electron chi connectivity index (χ4n) is 1.98. The highest BCUT2D eigenvalue weighted by Gasteiger charge is 2.30. The Morgan fingerprint density at radius 3 is 3.21 bits per heavy atom. The van der Waals surface area contributed by atoms with Crippen molar-refractivity contribution in [2.75, 3.05) is 0 Å². The monoisotopic (exact) mass is 196 g/mol. The van der Waals surface area contributed by atoms with Crippen LogP contribution in [0.5, 0.6) is 0 Å². The van der Waals surface area contributed by atoms with E-state index in [1.165, 1.54) is 0 Å². The van der Waals surface area contributed by atoms with Gasteiger partial charge in [-0.25, -0.2) is 0 Å². The van der Waals surface area contributed by atoms with Crippen molar-refractivity contribution in [3.63, 3.8) is 0 Å². The van der Waals surface area contributed by atoms with E-state index in [0.717, 1.165) is 31.4 Å². The summed E-state index contributed by atoms with van der Waals surface area (Å²) in [6, 6.07) is 0. The lowest BCUT2D eigenvalue weighted by molar-refractivity contribution is -0.140. The van der Waals surface area contributed by atoms with Crippen molar-refractivity contribution in [3.05, 3.63) is 11.8 Å². The molecule has 1 saturated heterocycles. The zero-order valence-electron chi connectivity index (χ0n) is 8.49. The first-order chi connectivity index (χ1) is 6.78. The van der Waals surface area contributed by atoms with Crippen LogP contribution in [0.4, 0.5) is 0 Å². The standard InChI is InChI=1S/C11H16O3/c1-2-3-11(12)14-10-6-8-4-5-9(7-10)13-8/h6,8-9H,2-5,7H2,1H3. The number of carbonyl (C=O) groups excluding carboxylic acids is 1. The molecule has 2 aliphatic rings. The van der Waals surface area contributed by atoms with Crippen LogP contribution in [0.15, 0.2) is 11.8 Å². The maximum atomic E-state index is 11.2. The number of ether oxygens (including phenoxy) is 2. The van der Waals surface area contributed by atoms with Crippen LogP contribution >= 0.6 is 0 Å². The third-order valence-corrected chi connectivity index (χ3v) is 2.64. The van der Waals surface area contributed by atoms with Crippen molar-refractivity contribution in [3.8, 4) is 0 Å². The molecule has 0 amide bonds. The highest BCUT2D eigenvalue weighted by molar-refractivity contribution is 5.70. The van der Waals surface area contributed by atoms with Crippen molar-refractivity contribution in [1.82, 2.24) is 0 Å². The Morgan fingerprint density at radius 1 is 1.64 bits per heavy atom. The van der Waals surface area contributed by atoms with E-state index >= 15 is 0 Å². The molecule has 0 aliphatic carbocycles. The molecule has 3 nitrogen and oxygen atoms in total. The zero-order chi connectivity index (χ0) is 9.97. The molecule has 1 fully saturated rings. The fraction of sp³-hybridized carbons (Fsp3) is 0.727. The van der Waals surface area contributed by atoms with Crippen LogP contribution in [-0.2, 0) is 14.3 Å². The summed E-state index contributed by atoms with van der Waals surface area (Å²) < 4.78 is 10.9. The fourth-order valence-corrected chi connectivity index (χ4v) is 1.98. The summed E-state index contributed by atoms with van der Waals surface area (Å²) in [4.78, 5) is 11.2. The average molecular weight is 196 g/mol. The summed E-state index contributed by atoms with van der Waals surface area (Å²) in [5.41, 5.74) is 0. The van der Waals surface area contributed by atoms with Gasteiger partial charge in [-0.3, -0.25) is 4.79 Å². The molecule has 78 valence electrons. The van der Waals surface area contributed by atoms with Gasteiger partial charge in [-0.1, -0.05) is 6.92 Å². The summed E-state index contributed by atoms with van der Waals surface area (Å²) in [6.07, 6.45) is 6.72. The van der Waals surface area contributed by atoms with Crippen LogP contribution in [-0.4, -0.2) is 18.2 Å². The second kappa shape index (κ2) is 4.13. The Kier molecular flexibility index (Phi) is 2.87.